The number of nitrogens with one attached hydrogen (secondary N) is 1. The first kappa shape index (κ1) is 13.9. The number of methoxy groups -OCH3 is 1. The highest BCUT2D eigenvalue weighted by molar-refractivity contribution is 6.13. The molecule has 0 aliphatic carbocycles. The molecule has 0 fully saturated rings. The van der Waals surface area contributed by atoms with E-state index in [2.05, 4.69) is 10.1 Å². The summed E-state index contributed by atoms with van der Waals surface area (Å²) < 4.78 is 14.8. The van der Waals surface area contributed by atoms with Crippen LogP contribution in [0.2, 0.25) is 0 Å². The number of hydrogen-bond acceptors (Lipinski definition) is 6. The van der Waals surface area contributed by atoms with Gasteiger partial charge in [0.05, 0.1) is 7.11 Å². The molecule has 7 heteroatoms. The minimum atomic E-state index is -1.38. The standard InChI is InChI=1S/C13H13NO6/c1-7(15)14-11(13(17)18-2)12(16)8-3-4-9-10(5-8)20-6-19-9/h3-5,11H,6H2,1-2H3,(H,14,15)/t11-/m0/s1. The fraction of sp³-hybridized carbons (Fsp3) is 0.308. The van der Waals surface area contributed by atoms with Crippen molar-refractivity contribution in [3.63, 3.8) is 0 Å². The molecule has 106 valence electrons. The molecule has 1 heterocycles. The fourth-order valence-electron chi connectivity index (χ4n) is 1.77. The van der Waals surface area contributed by atoms with Gasteiger partial charge in [-0.15, -0.1) is 0 Å². The van der Waals surface area contributed by atoms with Gasteiger partial charge < -0.3 is 19.5 Å². The van der Waals surface area contributed by atoms with Gasteiger partial charge in [0.25, 0.3) is 0 Å². The number of amides is 1. The van der Waals surface area contributed by atoms with Gasteiger partial charge in [0.2, 0.25) is 12.7 Å². The summed E-state index contributed by atoms with van der Waals surface area (Å²) in [6.45, 7) is 1.29. The molecule has 1 atom stereocenters. The Kier molecular flexibility index (Phi) is 3.88. The average Bonchev–Trinajstić information content (AvgIpc) is 2.90. The van der Waals surface area contributed by atoms with E-state index in [1.54, 1.807) is 6.07 Å². The lowest BCUT2D eigenvalue weighted by atomic mass is 10.0. The maximum atomic E-state index is 12.3. The lowest BCUT2D eigenvalue weighted by Gasteiger charge is -2.14. The zero-order valence-corrected chi connectivity index (χ0v) is 11.0. The number of ketones is 1. The Morgan fingerprint density at radius 2 is 1.95 bits per heavy atom. The molecule has 7 nitrogen and oxygen atoms in total. The molecule has 0 saturated carbocycles. The highest BCUT2D eigenvalue weighted by Gasteiger charge is 2.30. The van der Waals surface area contributed by atoms with E-state index >= 15 is 0 Å². The van der Waals surface area contributed by atoms with Gasteiger partial charge in [0.1, 0.15) is 0 Å². The summed E-state index contributed by atoms with van der Waals surface area (Å²) in [7, 11) is 1.14. The molecule has 0 saturated heterocycles. The molecule has 1 aromatic rings. The second-order valence-corrected chi connectivity index (χ2v) is 4.09. The Morgan fingerprint density at radius 1 is 1.25 bits per heavy atom. The van der Waals surface area contributed by atoms with Crippen molar-refractivity contribution >= 4 is 17.7 Å². The highest BCUT2D eigenvalue weighted by Crippen LogP contribution is 2.32. The molecule has 0 unspecified atom stereocenters. The van der Waals surface area contributed by atoms with Crippen molar-refractivity contribution in [3.05, 3.63) is 23.8 Å². The Morgan fingerprint density at radius 3 is 2.60 bits per heavy atom. The van der Waals surface area contributed by atoms with Gasteiger partial charge in [0, 0.05) is 12.5 Å². The predicted octanol–water partition coefficient (Wildman–Crippen LogP) is 0.276. The number of ether oxygens (including phenoxy) is 3. The van der Waals surface area contributed by atoms with E-state index < -0.39 is 23.7 Å². The maximum absolute atomic E-state index is 12.3. The second kappa shape index (κ2) is 5.60. The number of esters is 1. The van der Waals surface area contributed by atoms with E-state index in [0.29, 0.717) is 11.5 Å². The van der Waals surface area contributed by atoms with Gasteiger partial charge in [-0.1, -0.05) is 0 Å². The number of fused-ring (bicyclic) bond motifs is 1. The number of carbonyl (C=O) groups is 3. The third kappa shape index (κ3) is 2.71. The smallest absolute Gasteiger partial charge is 0.336 e. The van der Waals surface area contributed by atoms with Crippen LogP contribution in [0.25, 0.3) is 0 Å². The van der Waals surface area contributed by atoms with Crippen molar-refractivity contribution in [1.29, 1.82) is 0 Å². The van der Waals surface area contributed by atoms with E-state index in [1.165, 1.54) is 19.1 Å². The van der Waals surface area contributed by atoms with Crippen molar-refractivity contribution in [2.75, 3.05) is 13.9 Å². The van der Waals surface area contributed by atoms with Crippen LogP contribution >= 0.6 is 0 Å². The molecule has 1 N–H and O–H groups in total. The van der Waals surface area contributed by atoms with Crippen LogP contribution in [0.15, 0.2) is 18.2 Å². The monoisotopic (exact) mass is 279 g/mol. The van der Waals surface area contributed by atoms with Crippen molar-refractivity contribution in [2.45, 2.75) is 13.0 Å². The second-order valence-electron chi connectivity index (χ2n) is 4.09. The largest absolute Gasteiger partial charge is 0.467 e. The molecule has 1 aliphatic heterocycles. The lowest BCUT2D eigenvalue weighted by Crippen LogP contribution is -2.46. The van der Waals surface area contributed by atoms with Crippen LogP contribution in [0.1, 0.15) is 17.3 Å². The summed E-state index contributed by atoms with van der Waals surface area (Å²) in [6, 6.07) is 3.14. The van der Waals surface area contributed by atoms with Crippen LogP contribution in [0, 0.1) is 0 Å². The first-order valence-corrected chi connectivity index (χ1v) is 5.81. The normalized spacial score (nSPS) is 13.5. The molecule has 1 amide bonds. The first-order chi connectivity index (χ1) is 9.52. The topological polar surface area (TPSA) is 90.9 Å². The first-order valence-electron chi connectivity index (χ1n) is 5.81. The molecule has 0 spiro atoms. The Balaban J connectivity index is 2.27. The quantitative estimate of drug-likeness (QED) is 0.483. The summed E-state index contributed by atoms with van der Waals surface area (Å²) in [4.78, 5) is 34.9. The van der Waals surface area contributed by atoms with Crippen molar-refractivity contribution < 1.29 is 28.6 Å². The van der Waals surface area contributed by atoms with Crippen LogP contribution in [-0.4, -0.2) is 37.6 Å². The number of rotatable bonds is 4. The molecule has 0 radical (unpaired) electrons. The number of benzene rings is 1. The van der Waals surface area contributed by atoms with Gasteiger partial charge in [-0.25, -0.2) is 4.79 Å². The van der Waals surface area contributed by atoms with Gasteiger partial charge in [0.15, 0.2) is 23.3 Å². The fourth-order valence-corrected chi connectivity index (χ4v) is 1.77. The lowest BCUT2D eigenvalue weighted by molar-refractivity contribution is -0.143. The third-order valence-electron chi connectivity index (χ3n) is 2.70. The zero-order valence-electron chi connectivity index (χ0n) is 11.0. The predicted molar refractivity (Wildman–Crippen MR) is 66.5 cm³/mol. The van der Waals surface area contributed by atoms with Gasteiger partial charge in [-0.2, -0.15) is 0 Å². The molecule has 1 aliphatic rings. The SMILES string of the molecule is COC(=O)[C@@H](NC(C)=O)C(=O)c1ccc2c(c1)OCO2. The maximum Gasteiger partial charge on any atom is 0.336 e. The van der Waals surface area contributed by atoms with Crippen LogP contribution in [0.3, 0.4) is 0 Å². The number of hydrogen-bond donors (Lipinski definition) is 1. The van der Waals surface area contributed by atoms with Crippen LogP contribution in [-0.2, 0) is 14.3 Å². The minimum absolute atomic E-state index is 0.0824. The zero-order chi connectivity index (χ0) is 14.7. The van der Waals surface area contributed by atoms with Crippen LogP contribution < -0.4 is 14.8 Å². The van der Waals surface area contributed by atoms with E-state index in [4.69, 9.17) is 9.47 Å². The van der Waals surface area contributed by atoms with Crippen LogP contribution in [0.4, 0.5) is 0 Å². The Hall–Kier alpha value is -2.57. The summed E-state index contributed by atoms with van der Waals surface area (Å²) in [5, 5.41) is 2.26. The molecule has 0 bridgehead atoms. The van der Waals surface area contributed by atoms with Gasteiger partial charge in [-0.3, -0.25) is 9.59 Å². The van der Waals surface area contributed by atoms with Gasteiger partial charge in [-0.05, 0) is 18.2 Å². The summed E-state index contributed by atoms with van der Waals surface area (Å²) in [6.07, 6.45) is 0. The van der Waals surface area contributed by atoms with Crippen molar-refractivity contribution in [3.8, 4) is 11.5 Å². The minimum Gasteiger partial charge on any atom is -0.467 e. The number of carbonyl (C=O) groups excluding carboxylic acids is 3. The molecular formula is C13H13NO6. The van der Waals surface area contributed by atoms with E-state index in [9.17, 15) is 14.4 Å². The number of Topliss-reactive ketones (excluding diaryl/α,β-unsaturated/α-hetero) is 1. The third-order valence-corrected chi connectivity index (χ3v) is 2.70. The molecule has 2 rings (SSSR count). The van der Waals surface area contributed by atoms with Gasteiger partial charge >= 0.3 is 5.97 Å². The van der Waals surface area contributed by atoms with E-state index in [1.807, 2.05) is 0 Å². The Labute approximate surface area is 114 Å². The van der Waals surface area contributed by atoms with E-state index in [-0.39, 0.29) is 12.4 Å². The molecule has 1 aromatic carbocycles. The van der Waals surface area contributed by atoms with Crippen LogP contribution in [0.5, 0.6) is 11.5 Å². The Bertz CT molecular complexity index is 568. The summed E-state index contributed by atoms with van der Waals surface area (Å²) >= 11 is 0. The van der Waals surface area contributed by atoms with E-state index in [0.717, 1.165) is 7.11 Å². The van der Waals surface area contributed by atoms with Crippen molar-refractivity contribution in [1.82, 2.24) is 5.32 Å². The van der Waals surface area contributed by atoms with Crippen molar-refractivity contribution in [2.24, 2.45) is 0 Å². The highest BCUT2D eigenvalue weighted by atomic mass is 16.7. The molecular weight excluding hydrogens is 266 g/mol. The summed E-state index contributed by atoms with van der Waals surface area (Å²) in [5.74, 6) is -0.972. The molecule has 20 heavy (non-hydrogen) atoms. The average molecular weight is 279 g/mol. The summed E-state index contributed by atoms with van der Waals surface area (Å²) in [5.41, 5.74) is 0.221. The molecule has 0 aromatic heterocycles.